The number of rotatable bonds is 4. The average molecular weight is 465 g/mol. The number of aromatic amines is 1. The smallest absolute Gasteiger partial charge is 0.262 e. The van der Waals surface area contributed by atoms with E-state index < -0.39 is 9.84 Å². The van der Waals surface area contributed by atoms with Crippen molar-refractivity contribution >= 4 is 62.5 Å². The lowest BCUT2D eigenvalue weighted by Crippen LogP contribution is -2.17. The first-order chi connectivity index (χ1) is 13.8. The van der Waals surface area contributed by atoms with Crippen molar-refractivity contribution in [1.29, 1.82) is 0 Å². The zero-order chi connectivity index (χ0) is 20.6. The lowest BCUT2D eigenvalue weighted by Gasteiger charge is -2.19. The number of hydrogen-bond acceptors (Lipinski definition) is 4. The Hall–Kier alpha value is -2.19. The third kappa shape index (κ3) is 4.23. The molecule has 2 N–H and O–H groups in total. The van der Waals surface area contributed by atoms with Gasteiger partial charge >= 0.3 is 0 Å². The van der Waals surface area contributed by atoms with Crippen molar-refractivity contribution < 1.29 is 13.2 Å². The van der Waals surface area contributed by atoms with Crippen LogP contribution < -0.4 is 5.32 Å². The highest BCUT2D eigenvalue weighted by Crippen LogP contribution is 2.40. The molecular formula is C20H14Cl2N2O3S2. The Labute approximate surface area is 182 Å². The van der Waals surface area contributed by atoms with E-state index >= 15 is 0 Å². The van der Waals surface area contributed by atoms with Gasteiger partial charge in [0.2, 0.25) is 0 Å². The normalized spacial score (nSPS) is 15.2. The molecule has 1 aliphatic heterocycles. The molecule has 0 bridgehead atoms. The number of benzene rings is 2. The zero-order valence-corrected chi connectivity index (χ0v) is 17.9. The minimum absolute atomic E-state index is 0.136. The van der Waals surface area contributed by atoms with E-state index in [1.165, 1.54) is 17.8 Å². The fourth-order valence-electron chi connectivity index (χ4n) is 2.85. The SMILES string of the molecule is O=C1Nc2ccc(S(=O)(=O)Cc3c(Cl)cccc3Cl)cc2SC1=Cc1cc[nH]c1. The van der Waals surface area contributed by atoms with E-state index in [9.17, 15) is 13.2 Å². The van der Waals surface area contributed by atoms with Crippen molar-refractivity contribution in [3.8, 4) is 0 Å². The molecule has 148 valence electrons. The number of anilines is 1. The van der Waals surface area contributed by atoms with E-state index in [1.807, 2.05) is 6.07 Å². The second-order valence-electron chi connectivity index (χ2n) is 6.33. The van der Waals surface area contributed by atoms with Crippen LogP contribution in [0.3, 0.4) is 0 Å². The van der Waals surface area contributed by atoms with Gasteiger partial charge in [-0.15, -0.1) is 0 Å². The summed E-state index contributed by atoms with van der Waals surface area (Å²) in [7, 11) is -3.69. The van der Waals surface area contributed by atoms with E-state index in [1.54, 1.807) is 48.8 Å². The molecule has 0 spiro atoms. The Bertz CT molecular complexity index is 1220. The van der Waals surface area contributed by atoms with Gasteiger partial charge in [-0.25, -0.2) is 8.42 Å². The number of halogens is 2. The number of thioether (sulfide) groups is 1. The Morgan fingerprint density at radius 1 is 1.07 bits per heavy atom. The van der Waals surface area contributed by atoms with Crippen molar-refractivity contribution in [3.05, 3.63) is 80.9 Å². The molecule has 1 amide bonds. The van der Waals surface area contributed by atoms with Gasteiger partial charge in [-0.2, -0.15) is 0 Å². The number of carbonyl (C=O) groups excluding carboxylic acids is 1. The zero-order valence-electron chi connectivity index (χ0n) is 14.8. The van der Waals surface area contributed by atoms with Crippen LogP contribution in [0.2, 0.25) is 10.0 Å². The van der Waals surface area contributed by atoms with Gasteiger partial charge < -0.3 is 10.3 Å². The predicted octanol–water partition coefficient (Wildman–Crippen LogP) is 5.38. The molecule has 2 aromatic carbocycles. The molecule has 0 radical (unpaired) electrons. The molecule has 29 heavy (non-hydrogen) atoms. The van der Waals surface area contributed by atoms with Gasteiger partial charge in [0.1, 0.15) is 0 Å². The molecule has 4 rings (SSSR count). The van der Waals surface area contributed by atoms with E-state index in [4.69, 9.17) is 23.2 Å². The third-order valence-electron chi connectivity index (χ3n) is 4.32. The van der Waals surface area contributed by atoms with Crippen LogP contribution in [0.4, 0.5) is 5.69 Å². The third-order valence-corrected chi connectivity index (χ3v) is 7.75. The summed E-state index contributed by atoms with van der Waals surface area (Å²) in [6.07, 6.45) is 5.27. The van der Waals surface area contributed by atoms with E-state index in [0.717, 1.165) is 5.56 Å². The highest BCUT2D eigenvalue weighted by molar-refractivity contribution is 8.04. The van der Waals surface area contributed by atoms with Gasteiger partial charge in [-0.1, -0.05) is 41.0 Å². The molecule has 9 heteroatoms. The van der Waals surface area contributed by atoms with E-state index in [2.05, 4.69) is 10.3 Å². The summed E-state index contributed by atoms with van der Waals surface area (Å²) in [5.74, 6) is -0.546. The molecule has 0 aliphatic carbocycles. The van der Waals surface area contributed by atoms with Crippen LogP contribution in [0.1, 0.15) is 11.1 Å². The largest absolute Gasteiger partial charge is 0.367 e. The average Bonchev–Trinajstić information content (AvgIpc) is 3.18. The quantitative estimate of drug-likeness (QED) is 0.507. The maximum absolute atomic E-state index is 13.0. The second-order valence-corrected chi connectivity index (χ2v) is 10.2. The van der Waals surface area contributed by atoms with Gasteiger partial charge in [-0.05, 0) is 48.0 Å². The van der Waals surface area contributed by atoms with Crippen LogP contribution in [0.5, 0.6) is 0 Å². The van der Waals surface area contributed by atoms with Gasteiger partial charge in [-0.3, -0.25) is 4.79 Å². The summed E-state index contributed by atoms with van der Waals surface area (Å²) in [5, 5.41) is 3.40. The van der Waals surface area contributed by atoms with Gasteiger partial charge in [0.25, 0.3) is 5.91 Å². The molecular weight excluding hydrogens is 451 g/mol. The molecule has 5 nitrogen and oxygen atoms in total. The minimum atomic E-state index is -3.69. The van der Waals surface area contributed by atoms with Crippen LogP contribution in [0.15, 0.2) is 69.6 Å². The number of carbonyl (C=O) groups is 1. The van der Waals surface area contributed by atoms with Crippen molar-refractivity contribution in [3.63, 3.8) is 0 Å². The summed E-state index contributed by atoms with van der Waals surface area (Å²) in [6.45, 7) is 0. The van der Waals surface area contributed by atoms with Crippen molar-refractivity contribution in [2.24, 2.45) is 0 Å². The Morgan fingerprint density at radius 2 is 1.83 bits per heavy atom. The van der Waals surface area contributed by atoms with E-state index in [0.29, 0.717) is 31.1 Å². The van der Waals surface area contributed by atoms with Crippen molar-refractivity contribution in [2.75, 3.05) is 5.32 Å². The molecule has 0 atom stereocenters. The Morgan fingerprint density at radius 3 is 2.52 bits per heavy atom. The lowest BCUT2D eigenvalue weighted by atomic mass is 10.2. The summed E-state index contributed by atoms with van der Waals surface area (Å²) in [6, 6.07) is 11.3. The Kier molecular flexibility index (Phi) is 5.48. The number of sulfone groups is 1. The number of amides is 1. The molecule has 1 aliphatic rings. The molecule has 0 fully saturated rings. The van der Waals surface area contributed by atoms with Crippen molar-refractivity contribution in [1.82, 2.24) is 4.98 Å². The fraction of sp³-hybridized carbons (Fsp3) is 0.0500. The number of fused-ring (bicyclic) bond motifs is 1. The Balaban J connectivity index is 1.67. The highest BCUT2D eigenvalue weighted by atomic mass is 35.5. The second kappa shape index (κ2) is 7.91. The monoisotopic (exact) mass is 464 g/mol. The number of hydrogen-bond donors (Lipinski definition) is 2. The number of aromatic nitrogens is 1. The number of H-pyrrole nitrogens is 1. The van der Waals surface area contributed by atoms with Gasteiger partial charge in [0, 0.05) is 32.9 Å². The maximum atomic E-state index is 13.0. The summed E-state index contributed by atoms with van der Waals surface area (Å²) < 4.78 is 25.9. The first-order valence-corrected chi connectivity index (χ1v) is 11.7. The molecule has 3 aromatic rings. The standard InChI is InChI=1S/C20H14Cl2N2O3S2/c21-15-2-1-3-16(22)14(15)11-29(26,27)13-4-5-17-18(9-13)28-19(20(25)24-17)8-12-6-7-23-10-12/h1-10,23H,11H2,(H,24,25). The van der Waals surface area contributed by atoms with Crippen LogP contribution in [-0.4, -0.2) is 19.3 Å². The van der Waals surface area contributed by atoms with Gasteiger partial charge in [0.05, 0.1) is 21.2 Å². The molecule has 0 saturated heterocycles. The maximum Gasteiger partial charge on any atom is 0.262 e. The summed E-state index contributed by atoms with van der Waals surface area (Å²) in [4.78, 5) is 16.5. The molecule has 2 heterocycles. The molecule has 1 aromatic heterocycles. The summed E-state index contributed by atoms with van der Waals surface area (Å²) >= 11 is 13.5. The van der Waals surface area contributed by atoms with Crippen LogP contribution in [0, 0.1) is 0 Å². The molecule has 0 saturated carbocycles. The number of nitrogens with one attached hydrogen (secondary N) is 2. The van der Waals surface area contributed by atoms with Crippen LogP contribution in [-0.2, 0) is 20.4 Å². The van der Waals surface area contributed by atoms with Crippen LogP contribution in [0.25, 0.3) is 6.08 Å². The highest BCUT2D eigenvalue weighted by Gasteiger charge is 2.25. The fourth-order valence-corrected chi connectivity index (χ4v) is 6.03. The van der Waals surface area contributed by atoms with Gasteiger partial charge in [0.15, 0.2) is 9.84 Å². The first kappa shape index (κ1) is 20.1. The lowest BCUT2D eigenvalue weighted by molar-refractivity contribution is -0.112. The predicted molar refractivity (Wildman–Crippen MR) is 117 cm³/mol. The van der Waals surface area contributed by atoms with Crippen LogP contribution >= 0.6 is 35.0 Å². The molecule has 0 unspecified atom stereocenters. The topological polar surface area (TPSA) is 79.0 Å². The van der Waals surface area contributed by atoms with Crippen molar-refractivity contribution in [2.45, 2.75) is 15.5 Å². The minimum Gasteiger partial charge on any atom is -0.367 e. The summed E-state index contributed by atoms with van der Waals surface area (Å²) in [5.41, 5.74) is 1.78. The van der Waals surface area contributed by atoms with E-state index in [-0.39, 0.29) is 16.6 Å². The first-order valence-electron chi connectivity index (χ1n) is 8.47.